The number of nitro groups is 1. The summed E-state index contributed by atoms with van der Waals surface area (Å²) in [6.45, 7) is 2.94. The fourth-order valence-electron chi connectivity index (χ4n) is 1.49. The molecule has 0 bridgehead atoms. The molecule has 20 heavy (non-hydrogen) atoms. The zero-order chi connectivity index (χ0) is 15.1. The fraction of sp³-hybridized carbons (Fsp3) is 0.417. The molecular weight excluding hydrogens is 305 g/mol. The normalized spacial score (nSPS) is 10.2. The standard InChI is InChI=1S/C12H15Cl2N3O3/c1-2-4-15-11(18)3-5-16-12-9(13)6-8(17(19)20)7-10(12)14/h6-7,16H,2-5H2,1H3,(H,15,18). The molecule has 0 aromatic heterocycles. The fourth-order valence-corrected chi connectivity index (χ4v) is 2.10. The Morgan fingerprint density at radius 1 is 1.30 bits per heavy atom. The third kappa shape index (κ3) is 4.86. The minimum Gasteiger partial charge on any atom is -0.382 e. The van der Waals surface area contributed by atoms with Gasteiger partial charge in [0.05, 0.1) is 20.7 Å². The van der Waals surface area contributed by atoms with Gasteiger partial charge in [0.15, 0.2) is 0 Å². The van der Waals surface area contributed by atoms with Crippen LogP contribution in [0.15, 0.2) is 12.1 Å². The van der Waals surface area contributed by atoms with E-state index in [4.69, 9.17) is 23.2 Å². The van der Waals surface area contributed by atoms with Crippen LogP contribution < -0.4 is 10.6 Å². The van der Waals surface area contributed by atoms with Gasteiger partial charge in [0.1, 0.15) is 0 Å². The first kappa shape index (κ1) is 16.5. The van der Waals surface area contributed by atoms with Gasteiger partial charge in [-0.15, -0.1) is 0 Å². The van der Waals surface area contributed by atoms with Gasteiger partial charge in [-0.05, 0) is 6.42 Å². The van der Waals surface area contributed by atoms with Gasteiger partial charge >= 0.3 is 0 Å². The topological polar surface area (TPSA) is 84.3 Å². The number of nitrogens with zero attached hydrogens (tertiary/aromatic N) is 1. The Balaban J connectivity index is 2.60. The summed E-state index contributed by atoms with van der Waals surface area (Å²) >= 11 is 11.9. The monoisotopic (exact) mass is 319 g/mol. The first-order valence-corrected chi connectivity index (χ1v) is 6.85. The van der Waals surface area contributed by atoms with Gasteiger partial charge in [0.25, 0.3) is 5.69 Å². The van der Waals surface area contributed by atoms with E-state index in [1.54, 1.807) is 0 Å². The molecule has 0 aliphatic carbocycles. The van der Waals surface area contributed by atoms with E-state index in [0.717, 1.165) is 6.42 Å². The summed E-state index contributed by atoms with van der Waals surface area (Å²) in [6, 6.07) is 2.43. The average Bonchev–Trinajstić information content (AvgIpc) is 2.39. The van der Waals surface area contributed by atoms with Crippen molar-refractivity contribution in [3.63, 3.8) is 0 Å². The number of rotatable bonds is 7. The lowest BCUT2D eigenvalue weighted by Gasteiger charge is -2.10. The van der Waals surface area contributed by atoms with Crippen molar-refractivity contribution in [3.05, 3.63) is 32.3 Å². The number of hydrogen-bond donors (Lipinski definition) is 2. The van der Waals surface area contributed by atoms with Gasteiger partial charge < -0.3 is 10.6 Å². The molecule has 0 saturated heterocycles. The zero-order valence-electron chi connectivity index (χ0n) is 10.9. The third-order valence-electron chi connectivity index (χ3n) is 2.46. The third-order valence-corrected chi connectivity index (χ3v) is 3.06. The molecule has 0 aliphatic rings. The summed E-state index contributed by atoms with van der Waals surface area (Å²) in [5.41, 5.74) is 0.216. The number of carbonyl (C=O) groups excluding carboxylic acids is 1. The molecule has 0 aliphatic heterocycles. The lowest BCUT2D eigenvalue weighted by Crippen LogP contribution is -2.25. The van der Waals surface area contributed by atoms with Crippen molar-refractivity contribution in [2.24, 2.45) is 0 Å². The number of anilines is 1. The Labute approximate surface area is 126 Å². The molecule has 0 saturated carbocycles. The molecule has 8 heteroatoms. The molecule has 1 amide bonds. The molecule has 0 radical (unpaired) electrons. The molecule has 1 aromatic rings. The second-order valence-corrected chi connectivity index (χ2v) is 4.88. The van der Waals surface area contributed by atoms with Gasteiger partial charge in [0.2, 0.25) is 5.91 Å². The smallest absolute Gasteiger partial charge is 0.272 e. The highest BCUT2D eigenvalue weighted by molar-refractivity contribution is 6.39. The van der Waals surface area contributed by atoms with Crippen LogP contribution in [0.3, 0.4) is 0 Å². The summed E-state index contributed by atoms with van der Waals surface area (Å²) < 4.78 is 0. The number of benzene rings is 1. The zero-order valence-corrected chi connectivity index (χ0v) is 12.4. The van der Waals surface area contributed by atoms with Crippen LogP contribution in [-0.2, 0) is 4.79 Å². The van der Waals surface area contributed by atoms with Crippen LogP contribution in [0.5, 0.6) is 0 Å². The van der Waals surface area contributed by atoms with E-state index in [1.807, 2.05) is 6.92 Å². The first-order chi connectivity index (χ1) is 9.45. The Morgan fingerprint density at radius 3 is 2.40 bits per heavy atom. The Bertz CT molecular complexity index is 486. The predicted molar refractivity (Wildman–Crippen MR) is 79.5 cm³/mol. The van der Waals surface area contributed by atoms with Gasteiger partial charge in [-0.2, -0.15) is 0 Å². The van der Waals surface area contributed by atoms with Crippen molar-refractivity contribution in [2.75, 3.05) is 18.4 Å². The van der Waals surface area contributed by atoms with Gasteiger partial charge in [0, 0.05) is 31.6 Å². The van der Waals surface area contributed by atoms with Crippen LogP contribution in [0.1, 0.15) is 19.8 Å². The van der Waals surface area contributed by atoms with Crippen molar-refractivity contribution >= 4 is 40.5 Å². The summed E-state index contributed by atoms with van der Waals surface area (Å²) in [5, 5.41) is 16.6. The van der Waals surface area contributed by atoms with Crippen LogP contribution in [0.4, 0.5) is 11.4 Å². The van der Waals surface area contributed by atoms with E-state index < -0.39 is 4.92 Å². The van der Waals surface area contributed by atoms with Crippen molar-refractivity contribution in [2.45, 2.75) is 19.8 Å². The second kappa shape index (κ2) is 7.91. The predicted octanol–water partition coefficient (Wildman–Crippen LogP) is 3.23. The molecule has 0 heterocycles. The Kier molecular flexibility index (Phi) is 6.54. The molecular formula is C12H15Cl2N3O3. The lowest BCUT2D eigenvalue weighted by atomic mass is 10.2. The minimum atomic E-state index is -0.570. The summed E-state index contributed by atoms with van der Waals surface area (Å²) in [4.78, 5) is 21.5. The van der Waals surface area contributed by atoms with Crippen LogP contribution in [-0.4, -0.2) is 23.9 Å². The maximum Gasteiger partial charge on any atom is 0.272 e. The van der Waals surface area contributed by atoms with Crippen LogP contribution in [0.25, 0.3) is 0 Å². The molecule has 1 aromatic carbocycles. The molecule has 0 fully saturated rings. The van der Waals surface area contributed by atoms with Crippen LogP contribution >= 0.6 is 23.2 Å². The Hall–Kier alpha value is -1.53. The number of amides is 1. The second-order valence-electron chi connectivity index (χ2n) is 4.07. The highest BCUT2D eigenvalue weighted by Crippen LogP contribution is 2.34. The number of non-ortho nitro benzene ring substituents is 1. The van der Waals surface area contributed by atoms with Crippen molar-refractivity contribution in [3.8, 4) is 0 Å². The number of nitro benzene ring substituents is 1. The number of carbonyl (C=O) groups is 1. The van der Waals surface area contributed by atoms with Gasteiger partial charge in [-0.25, -0.2) is 0 Å². The van der Waals surface area contributed by atoms with Crippen molar-refractivity contribution in [1.82, 2.24) is 5.32 Å². The van der Waals surface area contributed by atoms with Crippen LogP contribution in [0.2, 0.25) is 10.0 Å². The first-order valence-electron chi connectivity index (χ1n) is 6.09. The Morgan fingerprint density at radius 2 is 1.90 bits per heavy atom. The summed E-state index contributed by atoms with van der Waals surface area (Å²) in [5.74, 6) is -0.0755. The summed E-state index contributed by atoms with van der Waals surface area (Å²) in [7, 11) is 0. The van der Waals surface area contributed by atoms with E-state index in [2.05, 4.69) is 10.6 Å². The number of halogens is 2. The van der Waals surface area contributed by atoms with Crippen molar-refractivity contribution in [1.29, 1.82) is 0 Å². The highest BCUT2D eigenvalue weighted by Gasteiger charge is 2.14. The van der Waals surface area contributed by atoms with Gasteiger partial charge in [-0.1, -0.05) is 30.1 Å². The number of nitrogens with one attached hydrogen (secondary N) is 2. The maximum absolute atomic E-state index is 11.4. The van der Waals surface area contributed by atoms with Gasteiger partial charge in [-0.3, -0.25) is 14.9 Å². The average molecular weight is 320 g/mol. The molecule has 110 valence electrons. The lowest BCUT2D eigenvalue weighted by molar-refractivity contribution is -0.384. The van der Waals surface area contributed by atoms with E-state index in [0.29, 0.717) is 18.8 Å². The SMILES string of the molecule is CCCNC(=O)CCNc1c(Cl)cc([N+](=O)[O-])cc1Cl. The highest BCUT2D eigenvalue weighted by atomic mass is 35.5. The van der Waals surface area contributed by atoms with Crippen LogP contribution in [0, 0.1) is 10.1 Å². The molecule has 0 atom stereocenters. The van der Waals surface area contributed by atoms with E-state index >= 15 is 0 Å². The maximum atomic E-state index is 11.4. The largest absolute Gasteiger partial charge is 0.382 e. The number of hydrogen-bond acceptors (Lipinski definition) is 4. The van der Waals surface area contributed by atoms with Crippen molar-refractivity contribution < 1.29 is 9.72 Å². The molecule has 1 rings (SSSR count). The molecule has 0 unspecified atom stereocenters. The van der Waals surface area contributed by atoms with E-state index in [-0.39, 0.29) is 28.1 Å². The minimum absolute atomic E-state index is 0.0755. The van der Waals surface area contributed by atoms with E-state index in [1.165, 1.54) is 12.1 Å². The molecule has 0 spiro atoms. The quantitative estimate of drug-likeness (QED) is 0.597. The van der Waals surface area contributed by atoms with E-state index in [9.17, 15) is 14.9 Å². The molecule has 2 N–H and O–H groups in total. The summed E-state index contributed by atoms with van der Waals surface area (Å²) in [6.07, 6.45) is 1.14. The molecule has 6 nitrogen and oxygen atoms in total.